The van der Waals surface area contributed by atoms with Crippen LogP contribution in [0.3, 0.4) is 0 Å². The van der Waals surface area contributed by atoms with Crippen LogP contribution in [0.25, 0.3) is 11.0 Å². The molecule has 0 aliphatic heterocycles. The number of ether oxygens (including phenoxy) is 3. The van der Waals surface area contributed by atoms with Gasteiger partial charge in [0.15, 0.2) is 12.4 Å². The SMILES string of the molecule is COCCNC(=O)c1cc2ccc(OC(=O)COc3ccccc3[N+](=O)[O-])cc2oc1=O. The number of amides is 1. The first-order chi connectivity index (χ1) is 15.4. The van der Waals surface area contributed by atoms with Crippen molar-refractivity contribution < 1.29 is 33.1 Å². The minimum atomic E-state index is -0.851. The molecule has 11 heteroatoms. The van der Waals surface area contributed by atoms with Gasteiger partial charge in [-0.1, -0.05) is 12.1 Å². The highest BCUT2D eigenvalue weighted by Crippen LogP contribution is 2.26. The zero-order valence-corrected chi connectivity index (χ0v) is 16.9. The Bertz CT molecular complexity index is 1220. The molecule has 11 nitrogen and oxygen atoms in total. The summed E-state index contributed by atoms with van der Waals surface area (Å²) in [4.78, 5) is 46.7. The van der Waals surface area contributed by atoms with Crippen molar-refractivity contribution in [2.45, 2.75) is 0 Å². The maximum Gasteiger partial charge on any atom is 0.349 e. The van der Waals surface area contributed by atoms with Crippen LogP contribution in [-0.4, -0.2) is 43.7 Å². The van der Waals surface area contributed by atoms with Crippen molar-refractivity contribution in [2.75, 3.05) is 26.9 Å². The van der Waals surface area contributed by atoms with Gasteiger partial charge in [-0.05, 0) is 24.3 Å². The number of fused-ring (bicyclic) bond motifs is 1. The van der Waals surface area contributed by atoms with E-state index in [-0.39, 0.29) is 34.9 Å². The number of hydrogen-bond acceptors (Lipinski definition) is 9. The second-order valence-corrected chi connectivity index (χ2v) is 6.38. The Labute approximate surface area is 180 Å². The lowest BCUT2D eigenvalue weighted by molar-refractivity contribution is -0.385. The molecular formula is C21H18N2O9. The molecule has 0 saturated heterocycles. The second-order valence-electron chi connectivity index (χ2n) is 6.38. The number of esters is 1. The van der Waals surface area contributed by atoms with Gasteiger partial charge in [-0.25, -0.2) is 9.59 Å². The summed E-state index contributed by atoms with van der Waals surface area (Å²) in [5.41, 5.74) is -1.20. The van der Waals surface area contributed by atoms with Gasteiger partial charge in [0.2, 0.25) is 0 Å². The molecule has 3 rings (SSSR count). The summed E-state index contributed by atoms with van der Waals surface area (Å²) in [5.74, 6) is -1.43. The van der Waals surface area contributed by atoms with Gasteiger partial charge in [-0.2, -0.15) is 0 Å². The predicted molar refractivity (Wildman–Crippen MR) is 111 cm³/mol. The molecule has 0 aliphatic rings. The zero-order valence-electron chi connectivity index (χ0n) is 16.9. The fourth-order valence-electron chi connectivity index (χ4n) is 2.70. The highest BCUT2D eigenvalue weighted by molar-refractivity contribution is 5.96. The first kappa shape index (κ1) is 22.4. The molecule has 0 unspecified atom stereocenters. The van der Waals surface area contributed by atoms with Crippen molar-refractivity contribution in [1.82, 2.24) is 5.32 Å². The van der Waals surface area contributed by atoms with E-state index in [0.717, 1.165) is 0 Å². The number of carbonyl (C=O) groups excluding carboxylic acids is 2. The lowest BCUT2D eigenvalue weighted by Gasteiger charge is -2.08. The summed E-state index contributed by atoms with van der Waals surface area (Å²) in [6.45, 7) is -0.0515. The van der Waals surface area contributed by atoms with E-state index in [1.807, 2.05) is 0 Å². The van der Waals surface area contributed by atoms with E-state index >= 15 is 0 Å². The lowest BCUT2D eigenvalue weighted by Crippen LogP contribution is -2.30. The number of nitrogens with zero attached hydrogens (tertiary/aromatic N) is 1. The van der Waals surface area contributed by atoms with E-state index in [9.17, 15) is 24.5 Å². The highest BCUT2D eigenvalue weighted by atomic mass is 16.6. The summed E-state index contributed by atoms with van der Waals surface area (Å²) in [7, 11) is 1.48. The van der Waals surface area contributed by atoms with Crippen molar-refractivity contribution in [3.8, 4) is 11.5 Å². The molecular weight excluding hydrogens is 424 g/mol. The fraction of sp³-hybridized carbons (Fsp3) is 0.190. The Hall–Kier alpha value is -4.25. The van der Waals surface area contributed by atoms with Gasteiger partial charge in [0.25, 0.3) is 5.91 Å². The molecule has 2 aromatic carbocycles. The molecule has 1 heterocycles. The number of nitro benzene ring substituents is 1. The Kier molecular flexibility index (Phi) is 7.13. The molecule has 1 aromatic heterocycles. The predicted octanol–water partition coefficient (Wildman–Crippen LogP) is 2.06. The number of nitro groups is 1. The van der Waals surface area contributed by atoms with E-state index < -0.39 is 29.0 Å². The lowest BCUT2D eigenvalue weighted by atomic mass is 10.1. The molecule has 1 amide bonds. The van der Waals surface area contributed by atoms with E-state index in [4.69, 9.17) is 18.6 Å². The van der Waals surface area contributed by atoms with Crippen LogP contribution in [0.2, 0.25) is 0 Å². The number of para-hydroxylation sites is 2. The smallest absolute Gasteiger partial charge is 0.349 e. The minimum Gasteiger partial charge on any atom is -0.475 e. The normalized spacial score (nSPS) is 10.5. The number of methoxy groups -OCH3 is 1. The van der Waals surface area contributed by atoms with Gasteiger partial charge < -0.3 is 23.9 Å². The fourth-order valence-corrected chi connectivity index (χ4v) is 2.70. The molecule has 3 aromatic rings. The Morgan fingerprint density at radius 3 is 2.69 bits per heavy atom. The Balaban J connectivity index is 1.69. The second kappa shape index (κ2) is 10.2. The molecule has 0 bridgehead atoms. The van der Waals surface area contributed by atoms with Crippen molar-refractivity contribution >= 4 is 28.5 Å². The quantitative estimate of drug-likeness (QED) is 0.131. The molecule has 1 N–H and O–H groups in total. The van der Waals surface area contributed by atoms with Crippen molar-refractivity contribution in [3.63, 3.8) is 0 Å². The van der Waals surface area contributed by atoms with Gasteiger partial charge >= 0.3 is 17.3 Å². The van der Waals surface area contributed by atoms with Crippen LogP contribution in [0.1, 0.15) is 10.4 Å². The van der Waals surface area contributed by atoms with Crippen molar-refractivity contribution in [1.29, 1.82) is 0 Å². The Morgan fingerprint density at radius 2 is 1.94 bits per heavy atom. The van der Waals surface area contributed by atoms with Gasteiger partial charge in [-0.15, -0.1) is 0 Å². The number of nitrogens with one attached hydrogen (secondary N) is 1. The van der Waals surface area contributed by atoms with E-state index in [0.29, 0.717) is 12.0 Å². The average molecular weight is 442 g/mol. The van der Waals surface area contributed by atoms with Gasteiger partial charge in [0.05, 0.1) is 11.5 Å². The topological polar surface area (TPSA) is 147 Å². The van der Waals surface area contributed by atoms with Gasteiger partial charge in [-0.3, -0.25) is 14.9 Å². The molecule has 0 saturated carbocycles. The third-order valence-electron chi connectivity index (χ3n) is 4.18. The van der Waals surface area contributed by atoms with Crippen LogP contribution < -0.4 is 20.4 Å². The monoisotopic (exact) mass is 442 g/mol. The highest BCUT2D eigenvalue weighted by Gasteiger charge is 2.17. The molecule has 0 radical (unpaired) electrons. The molecule has 0 atom stereocenters. The first-order valence-electron chi connectivity index (χ1n) is 9.31. The third-order valence-corrected chi connectivity index (χ3v) is 4.18. The summed E-state index contributed by atoms with van der Waals surface area (Å²) in [6, 6.07) is 11.2. The van der Waals surface area contributed by atoms with Crippen LogP contribution in [0.15, 0.2) is 57.7 Å². The first-order valence-corrected chi connectivity index (χ1v) is 9.31. The molecule has 0 aliphatic carbocycles. The molecule has 32 heavy (non-hydrogen) atoms. The van der Waals surface area contributed by atoms with Gasteiger partial charge in [0.1, 0.15) is 16.9 Å². The summed E-state index contributed by atoms with van der Waals surface area (Å²) in [6.07, 6.45) is 0. The summed E-state index contributed by atoms with van der Waals surface area (Å²) in [5, 5.41) is 14.0. The van der Waals surface area contributed by atoms with Crippen LogP contribution in [0.5, 0.6) is 11.5 Å². The molecule has 0 fully saturated rings. The largest absolute Gasteiger partial charge is 0.475 e. The third kappa shape index (κ3) is 5.46. The average Bonchev–Trinajstić information content (AvgIpc) is 2.77. The summed E-state index contributed by atoms with van der Waals surface area (Å²) >= 11 is 0. The van der Waals surface area contributed by atoms with E-state index in [1.54, 1.807) is 0 Å². The number of benzene rings is 2. The number of hydrogen-bond donors (Lipinski definition) is 1. The van der Waals surface area contributed by atoms with Crippen molar-refractivity contribution in [3.05, 3.63) is 74.6 Å². The standard InChI is InChI=1S/C21H18N2O9/c1-29-9-8-22-20(25)15-10-13-6-7-14(11-18(13)32-21(15)26)31-19(24)12-30-17-5-3-2-4-16(17)23(27)28/h2-7,10-11H,8-9,12H2,1H3,(H,22,25). The summed E-state index contributed by atoms with van der Waals surface area (Å²) < 4.78 is 20.3. The Morgan fingerprint density at radius 1 is 1.16 bits per heavy atom. The van der Waals surface area contributed by atoms with Crippen molar-refractivity contribution in [2.24, 2.45) is 0 Å². The van der Waals surface area contributed by atoms with Crippen LogP contribution >= 0.6 is 0 Å². The maximum atomic E-state index is 12.1. The van der Waals surface area contributed by atoms with E-state index in [2.05, 4.69) is 5.32 Å². The van der Waals surface area contributed by atoms with Crippen LogP contribution in [0, 0.1) is 10.1 Å². The maximum absolute atomic E-state index is 12.1. The minimum absolute atomic E-state index is 0.0640. The number of carbonyl (C=O) groups is 2. The van der Waals surface area contributed by atoms with Crippen LogP contribution in [0.4, 0.5) is 5.69 Å². The van der Waals surface area contributed by atoms with Gasteiger partial charge in [0, 0.05) is 31.2 Å². The van der Waals surface area contributed by atoms with Crippen LogP contribution in [-0.2, 0) is 9.53 Å². The molecule has 166 valence electrons. The number of rotatable bonds is 9. The zero-order chi connectivity index (χ0) is 23.1. The molecule has 0 spiro atoms. The van der Waals surface area contributed by atoms with E-state index in [1.165, 1.54) is 55.6 Å².